The fourth-order valence-corrected chi connectivity index (χ4v) is 2.57. The van der Waals surface area contributed by atoms with E-state index in [1.54, 1.807) is 0 Å². The molecule has 1 aliphatic rings. The monoisotopic (exact) mass is 290 g/mol. The zero-order chi connectivity index (χ0) is 15.1. The van der Waals surface area contributed by atoms with Crippen LogP contribution in [-0.2, 0) is 16.1 Å². The zero-order valence-corrected chi connectivity index (χ0v) is 13.0. The number of rotatable bonds is 6. The Labute approximate surface area is 127 Å². The molecule has 0 bridgehead atoms. The van der Waals surface area contributed by atoms with Crippen molar-refractivity contribution in [2.45, 2.75) is 45.4 Å². The first-order valence-electron chi connectivity index (χ1n) is 7.80. The highest BCUT2D eigenvalue weighted by molar-refractivity contribution is 5.78. The minimum Gasteiger partial charge on any atom is -0.378 e. The molecular weight excluding hydrogens is 264 g/mol. The number of ether oxygens (including phenoxy) is 1. The van der Waals surface area contributed by atoms with E-state index in [0.29, 0.717) is 31.2 Å². The second-order valence-corrected chi connectivity index (χ2v) is 6.02. The Kier molecular flexibility index (Phi) is 6.21. The third-order valence-electron chi connectivity index (χ3n) is 3.94. The van der Waals surface area contributed by atoms with Gasteiger partial charge in [0.05, 0.1) is 12.6 Å². The van der Waals surface area contributed by atoms with Crippen LogP contribution >= 0.6 is 0 Å². The number of hydrogen-bond acceptors (Lipinski definition) is 3. The lowest BCUT2D eigenvalue weighted by Gasteiger charge is -2.32. The summed E-state index contributed by atoms with van der Waals surface area (Å²) >= 11 is 0. The molecule has 116 valence electrons. The largest absolute Gasteiger partial charge is 0.378 e. The molecule has 1 aliphatic heterocycles. The summed E-state index contributed by atoms with van der Waals surface area (Å²) < 4.78 is 5.74. The van der Waals surface area contributed by atoms with Crippen molar-refractivity contribution < 1.29 is 9.53 Å². The fraction of sp³-hybridized carbons (Fsp3) is 0.588. The molecule has 2 rings (SSSR count). The first kappa shape index (κ1) is 16.0. The van der Waals surface area contributed by atoms with E-state index in [-0.39, 0.29) is 5.91 Å². The van der Waals surface area contributed by atoms with Gasteiger partial charge < -0.3 is 15.4 Å². The van der Waals surface area contributed by atoms with E-state index in [1.165, 1.54) is 0 Å². The lowest BCUT2D eigenvalue weighted by molar-refractivity contribution is -0.120. The topological polar surface area (TPSA) is 50.4 Å². The van der Waals surface area contributed by atoms with Crippen molar-refractivity contribution >= 4 is 5.91 Å². The van der Waals surface area contributed by atoms with Gasteiger partial charge in [0.1, 0.15) is 0 Å². The van der Waals surface area contributed by atoms with E-state index in [2.05, 4.69) is 24.5 Å². The van der Waals surface area contributed by atoms with Gasteiger partial charge in [0.2, 0.25) is 5.91 Å². The van der Waals surface area contributed by atoms with E-state index in [0.717, 1.165) is 25.0 Å². The number of benzene rings is 1. The molecular formula is C17H26N2O2. The fourth-order valence-electron chi connectivity index (χ4n) is 2.57. The van der Waals surface area contributed by atoms with Crippen LogP contribution in [0.25, 0.3) is 0 Å². The van der Waals surface area contributed by atoms with Gasteiger partial charge >= 0.3 is 0 Å². The van der Waals surface area contributed by atoms with Crippen LogP contribution in [0.2, 0.25) is 0 Å². The van der Waals surface area contributed by atoms with Crippen LogP contribution in [0.1, 0.15) is 32.3 Å². The lowest BCUT2D eigenvalue weighted by atomic mass is 9.95. The van der Waals surface area contributed by atoms with E-state index in [1.807, 2.05) is 30.3 Å². The summed E-state index contributed by atoms with van der Waals surface area (Å²) in [5, 5.41) is 6.29. The summed E-state index contributed by atoms with van der Waals surface area (Å²) in [6.45, 7) is 6.11. The Hall–Kier alpha value is -1.39. The lowest BCUT2D eigenvalue weighted by Crippen LogP contribution is -2.44. The molecule has 1 heterocycles. The summed E-state index contributed by atoms with van der Waals surface area (Å²) in [4.78, 5) is 11.9. The second-order valence-electron chi connectivity index (χ2n) is 6.02. The van der Waals surface area contributed by atoms with Crippen molar-refractivity contribution in [1.82, 2.24) is 10.6 Å². The Morgan fingerprint density at radius 1 is 1.33 bits per heavy atom. The second kappa shape index (κ2) is 8.15. The molecule has 0 radical (unpaired) electrons. The van der Waals surface area contributed by atoms with Gasteiger partial charge in [-0.2, -0.15) is 0 Å². The first-order valence-corrected chi connectivity index (χ1v) is 7.80. The molecule has 2 unspecified atom stereocenters. The van der Waals surface area contributed by atoms with Crippen LogP contribution < -0.4 is 10.6 Å². The van der Waals surface area contributed by atoms with Gasteiger partial charge in [0.15, 0.2) is 0 Å². The molecule has 4 nitrogen and oxygen atoms in total. The Balaban J connectivity index is 1.67. The molecule has 1 aromatic rings. The van der Waals surface area contributed by atoms with Gasteiger partial charge in [-0.25, -0.2) is 0 Å². The van der Waals surface area contributed by atoms with Crippen LogP contribution in [-0.4, -0.2) is 31.2 Å². The van der Waals surface area contributed by atoms with Crippen LogP contribution in [0.3, 0.4) is 0 Å². The van der Waals surface area contributed by atoms with Gasteiger partial charge in [-0.05, 0) is 24.3 Å². The maximum atomic E-state index is 11.9. The summed E-state index contributed by atoms with van der Waals surface area (Å²) in [5.74, 6) is 0.577. The van der Waals surface area contributed by atoms with Gasteiger partial charge in [0.25, 0.3) is 0 Å². The van der Waals surface area contributed by atoms with E-state index in [4.69, 9.17) is 4.74 Å². The minimum absolute atomic E-state index is 0.0476. The molecule has 1 amide bonds. The van der Waals surface area contributed by atoms with Crippen molar-refractivity contribution in [3.05, 3.63) is 35.9 Å². The van der Waals surface area contributed by atoms with Crippen LogP contribution in [0.5, 0.6) is 0 Å². The molecule has 0 aromatic heterocycles. The van der Waals surface area contributed by atoms with Crippen molar-refractivity contribution in [3.8, 4) is 0 Å². The molecule has 2 atom stereocenters. The maximum Gasteiger partial charge on any atom is 0.234 e. The van der Waals surface area contributed by atoms with Gasteiger partial charge in [-0.3, -0.25) is 4.79 Å². The predicted molar refractivity (Wildman–Crippen MR) is 83.9 cm³/mol. The van der Waals surface area contributed by atoms with Crippen molar-refractivity contribution in [2.75, 3.05) is 13.2 Å². The Morgan fingerprint density at radius 3 is 2.81 bits per heavy atom. The summed E-state index contributed by atoms with van der Waals surface area (Å²) in [6, 6.07) is 10.3. The third-order valence-corrected chi connectivity index (χ3v) is 3.94. The summed E-state index contributed by atoms with van der Waals surface area (Å²) in [5.41, 5.74) is 1.12. The molecule has 0 saturated carbocycles. The number of hydrogen-bond donors (Lipinski definition) is 2. The predicted octanol–water partition coefficient (Wildman–Crippen LogP) is 2.10. The van der Waals surface area contributed by atoms with Crippen molar-refractivity contribution in [2.24, 2.45) is 5.92 Å². The molecule has 1 fully saturated rings. The number of amides is 1. The molecule has 21 heavy (non-hydrogen) atoms. The molecule has 0 aliphatic carbocycles. The normalized spacial score (nSPS) is 22.2. The first-order chi connectivity index (χ1) is 10.1. The van der Waals surface area contributed by atoms with E-state index < -0.39 is 0 Å². The average molecular weight is 290 g/mol. The number of nitrogens with one attached hydrogen (secondary N) is 2. The van der Waals surface area contributed by atoms with Crippen LogP contribution in [0.4, 0.5) is 0 Å². The van der Waals surface area contributed by atoms with Gasteiger partial charge in [0, 0.05) is 19.2 Å². The standard InChI is InChI=1S/C17H26N2O2/c1-13(2)16-10-15(8-9-21-16)18-12-17(20)19-11-14-6-4-3-5-7-14/h3-7,13,15-16,18H,8-12H2,1-2H3,(H,19,20). The quantitative estimate of drug-likeness (QED) is 0.843. The van der Waals surface area contributed by atoms with Crippen molar-refractivity contribution in [3.63, 3.8) is 0 Å². The SMILES string of the molecule is CC(C)C1CC(NCC(=O)NCc2ccccc2)CCO1. The highest BCUT2D eigenvalue weighted by Crippen LogP contribution is 2.19. The smallest absolute Gasteiger partial charge is 0.234 e. The summed E-state index contributed by atoms with van der Waals surface area (Å²) in [7, 11) is 0. The number of carbonyl (C=O) groups excluding carboxylic acids is 1. The molecule has 4 heteroatoms. The molecule has 1 aromatic carbocycles. The van der Waals surface area contributed by atoms with E-state index >= 15 is 0 Å². The molecule has 2 N–H and O–H groups in total. The van der Waals surface area contributed by atoms with Crippen molar-refractivity contribution in [1.29, 1.82) is 0 Å². The van der Waals surface area contributed by atoms with E-state index in [9.17, 15) is 4.79 Å². The number of carbonyl (C=O) groups is 1. The zero-order valence-electron chi connectivity index (χ0n) is 13.0. The van der Waals surface area contributed by atoms with Crippen LogP contribution in [0.15, 0.2) is 30.3 Å². The third kappa shape index (κ3) is 5.48. The molecule has 0 spiro atoms. The van der Waals surface area contributed by atoms with Gasteiger partial charge in [-0.1, -0.05) is 44.2 Å². The van der Waals surface area contributed by atoms with Gasteiger partial charge in [-0.15, -0.1) is 0 Å². The van der Waals surface area contributed by atoms with Crippen LogP contribution in [0, 0.1) is 5.92 Å². The highest BCUT2D eigenvalue weighted by atomic mass is 16.5. The Bertz CT molecular complexity index is 434. The maximum absolute atomic E-state index is 11.9. The Morgan fingerprint density at radius 2 is 2.10 bits per heavy atom. The summed E-state index contributed by atoms with van der Waals surface area (Å²) in [6.07, 6.45) is 2.28. The highest BCUT2D eigenvalue weighted by Gasteiger charge is 2.24. The minimum atomic E-state index is 0.0476. The average Bonchev–Trinajstić information content (AvgIpc) is 2.52. The molecule has 1 saturated heterocycles.